The number of benzene rings is 1. The van der Waals surface area contributed by atoms with Crippen LogP contribution in [0.5, 0.6) is 0 Å². The summed E-state index contributed by atoms with van der Waals surface area (Å²) in [6, 6.07) is 3.75. The quantitative estimate of drug-likeness (QED) is 0.882. The highest BCUT2D eigenvalue weighted by Gasteiger charge is 2.20. The van der Waals surface area contributed by atoms with Crippen molar-refractivity contribution in [2.75, 3.05) is 11.9 Å². The monoisotopic (exact) mass is 288 g/mol. The van der Waals surface area contributed by atoms with Gasteiger partial charge in [0.2, 0.25) is 10.0 Å². The van der Waals surface area contributed by atoms with Crippen LogP contribution in [0, 0.1) is 5.82 Å². The molecule has 0 spiro atoms. The van der Waals surface area contributed by atoms with Gasteiger partial charge in [0.15, 0.2) is 0 Å². The summed E-state index contributed by atoms with van der Waals surface area (Å²) in [6.07, 6.45) is 1.72. The van der Waals surface area contributed by atoms with Crippen molar-refractivity contribution in [1.29, 1.82) is 0 Å². The SMILES string of the molecule is CC1CC(Nc2ccc(S(N)(=O)=O)cc2F)CCO1. The summed E-state index contributed by atoms with van der Waals surface area (Å²) in [7, 11) is -3.87. The Morgan fingerprint density at radius 3 is 2.79 bits per heavy atom. The van der Waals surface area contributed by atoms with Crippen LogP contribution in [0.3, 0.4) is 0 Å². The van der Waals surface area contributed by atoms with Crippen LogP contribution in [0.15, 0.2) is 23.1 Å². The molecular formula is C12H17FN2O3S. The summed E-state index contributed by atoms with van der Waals surface area (Å²) in [5.74, 6) is -0.620. The van der Waals surface area contributed by atoms with E-state index in [1.807, 2.05) is 6.92 Å². The molecule has 0 amide bonds. The molecule has 1 aliphatic rings. The first-order valence-electron chi connectivity index (χ1n) is 6.07. The van der Waals surface area contributed by atoms with Gasteiger partial charge in [-0.1, -0.05) is 0 Å². The molecule has 0 saturated carbocycles. The zero-order valence-electron chi connectivity index (χ0n) is 10.6. The van der Waals surface area contributed by atoms with Crippen LogP contribution in [-0.4, -0.2) is 27.2 Å². The van der Waals surface area contributed by atoms with E-state index in [1.54, 1.807) is 0 Å². The maximum atomic E-state index is 13.8. The Hall–Kier alpha value is -1.18. The predicted octanol–water partition coefficient (Wildman–Crippen LogP) is 1.45. The summed E-state index contributed by atoms with van der Waals surface area (Å²) in [6.45, 7) is 2.60. The number of hydrogen-bond donors (Lipinski definition) is 2. The number of sulfonamides is 1. The van der Waals surface area contributed by atoms with Crippen molar-refractivity contribution in [2.45, 2.75) is 36.8 Å². The molecule has 106 valence electrons. The molecule has 7 heteroatoms. The molecule has 1 saturated heterocycles. The number of anilines is 1. The summed E-state index contributed by atoms with van der Waals surface area (Å²) in [4.78, 5) is -0.226. The standard InChI is InChI=1S/C12H17FN2O3S/c1-8-6-9(4-5-18-8)15-12-3-2-10(7-11(12)13)19(14,16)17/h2-3,7-9,15H,4-6H2,1H3,(H2,14,16,17). The van der Waals surface area contributed by atoms with Crippen molar-refractivity contribution in [2.24, 2.45) is 5.14 Å². The topological polar surface area (TPSA) is 81.4 Å². The molecule has 0 aromatic heterocycles. The second-order valence-corrected chi connectivity index (χ2v) is 6.30. The van der Waals surface area contributed by atoms with E-state index in [0.29, 0.717) is 6.61 Å². The van der Waals surface area contributed by atoms with Gasteiger partial charge in [0.1, 0.15) is 5.82 Å². The molecule has 3 N–H and O–H groups in total. The lowest BCUT2D eigenvalue weighted by molar-refractivity contribution is 0.0232. The van der Waals surface area contributed by atoms with Gasteiger partial charge in [-0.3, -0.25) is 0 Å². The van der Waals surface area contributed by atoms with E-state index < -0.39 is 15.8 Å². The number of ether oxygens (including phenoxy) is 1. The van der Waals surface area contributed by atoms with Crippen LogP contribution in [0.1, 0.15) is 19.8 Å². The summed E-state index contributed by atoms with van der Waals surface area (Å²) < 4.78 is 41.4. The minimum absolute atomic E-state index is 0.124. The lowest BCUT2D eigenvalue weighted by Gasteiger charge is -2.28. The highest BCUT2D eigenvalue weighted by Crippen LogP contribution is 2.22. The van der Waals surface area contributed by atoms with Crippen molar-refractivity contribution in [3.8, 4) is 0 Å². The molecule has 1 aromatic rings. The van der Waals surface area contributed by atoms with Gasteiger partial charge in [-0.25, -0.2) is 17.9 Å². The third-order valence-electron chi connectivity index (χ3n) is 3.11. The van der Waals surface area contributed by atoms with Gasteiger partial charge in [0, 0.05) is 12.6 Å². The lowest BCUT2D eigenvalue weighted by Crippen LogP contribution is -2.32. The number of halogens is 1. The summed E-state index contributed by atoms with van der Waals surface area (Å²) in [5, 5.41) is 8.01. The van der Waals surface area contributed by atoms with Crippen molar-refractivity contribution in [3.63, 3.8) is 0 Å². The Morgan fingerprint density at radius 2 is 2.21 bits per heavy atom. The Bertz CT molecular complexity index is 562. The molecule has 2 atom stereocenters. The summed E-state index contributed by atoms with van der Waals surface area (Å²) in [5.41, 5.74) is 0.284. The van der Waals surface area contributed by atoms with Crippen LogP contribution in [0.2, 0.25) is 0 Å². The largest absolute Gasteiger partial charge is 0.380 e. The van der Waals surface area contributed by atoms with Crippen LogP contribution >= 0.6 is 0 Å². The Morgan fingerprint density at radius 1 is 1.47 bits per heavy atom. The molecule has 1 heterocycles. The molecule has 0 bridgehead atoms. The zero-order valence-corrected chi connectivity index (χ0v) is 11.4. The number of nitrogens with two attached hydrogens (primary N) is 1. The maximum Gasteiger partial charge on any atom is 0.238 e. The van der Waals surface area contributed by atoms with Gasteiger partial charge in [0.25, 0.3) is 0 Å². The summed E-state index contributed by atoms with van der Waals surface area (Å²) >= 11 is 0. The fraction of sp³-hybridized carbons (Fsp3) is 0.500. The van der Waals surface area contributed by atoms with E-state index in [4.69, 9.17) is 9.88 Å². The van der Waals surface area contributed by atoms with Crippen molar-refractivity contribution >= 4 is 15.7 Å². The first-order chi connectivity index (χ1) is 8.86. The van der Waals surface area contributed by atoms with E-state index in [1.165, 1.54) is 12.1 Å². The maximum absolute atomic E-state index is 13.8. The first kappa shape index (κ1) is 14.2. The number of nitrogens with one attached hydrogen (secondary N) is 1. The fourth-order valence-electron chi connectivity index (χ4n) is 2.14. The molecule has 1 fully saturated rings. The van der Waals surface area contributed by atoms with E-state index in [9.17, 15) is 12.8 Å². The predicted molar refractivity (Wildman–Crippen MR) is 69.8 cm³/mol. The van der Waals surface area contributed by atoms with Crippen molar-refractivity contribution in [3.05, 3.63) is 24.0 Å². The Labute approximate surface area is 112 Å². The van der Waals surface area contributed by atoms with Gasteiger partial charge in [-0.05, 0) is 38.0 Å². The van der Waals surface area contributed by atoms with E-state index in [0.717, 1.165) is 18.9 Å². The van der Waals surface area contributed by atoms with Gasteiger partial charge in [-0.15, -0.1) is 0 Å². The average Bonchev–Trinajstić information content (AvgIpc) is 2.30. The van der Waals surface area contributed by atoms with Gasteiger partial charge < -0.3 is 10.1 Å². The smallest absolute Gasteiger partial charge is 0.238 e. The number of hydrogen-bond acceptors (Lipinski definition) is 4. The minimum Gasteiger partial charge on any atom is -0.380 e. The molecule has 19 heavy (non-hydrogen) atoms. The van der Waals surface area contributed by atoms with Gasteiger partial charge in [-0.2, -0.15) is 0 Å². The van der Waals surface area contributed by atoms with E-state index >= 15 is 0 Å². The van der Waals surface area contributed by atoms with Crippen LogP contribution < -0.4 is 10.5 Å². The van der Waals surface area contributed by atoms with Crippen molar-refractivity contribution in [1.82, 2.24) is 0 Å². The highest BCUT2D eigenvalue weighted by molar-refractivity contribution is 7.89. The average molecular weight is 288 g/mol. The van der Waals surface area contributed by atoms with Gasteiger partial charge in [0.05, 0.1) is 16.7 Å². The van der Waals surface area contributed by atoms with Crippen molar-refractivity contribution < 1.29 is 17.5 Å². The van der Waals surface area contributed by atoms with Gasteiger partial charge >= 0.3 is 0 Å². The normalized spacial score (nSPS) is 24.2. The minimum atomic E-state index is -3.87. The van der Waals surface area contributed by atoms with E-state index in [-0.39, 0.29) is 22.7 Å². The fourth-order valence-corrected chi connectivity index (χ4v) is 2.66. The third-order valence-corrected chi connectivity index (χ3v) is 4.02. The highest BCUT2D eigenvalue weighted by atomic mass is 32.2. The molecule has 1 aliphatic heterocycles. The number of rotatable bonds is 3. The Kier molecular flexibility index (Phi) is 4.07. The molecule has 0 radical (unpaired) electrons. The second kappa shape index (κ2) is 5.44. The second-order valence-electron chi connectivity index (χ2n) is 4.73. The number of primary sulfonamides is 1. The third kappa shape index (κ3) is 3.65. The first-order valence-corrected chi connectivity index (χ1v) is 7.61. The molecule has 2 unspecified atom stereocenters. The lowest BCUT2D eigenvalue weighted by atomic mass is 10.0. The van der Waals surface area contributed by atoms with Crippen LogP contribution in [0.25, 0.3) is 0 Å². The Balaban J connectivity index is 2.13. The molecule has 2 rings (SSSR count). The van der Waals surface area contributed by atoms with Crippen LogP contribution in [-0.2, 0) is 14.8 Å². The molecule has 1 aromatic carbocycles. The van der Waals surface area contributed by atoms with E-state index in [2.05, 4.69) is 5.32 Å². The molecule has 5 nitrogen and oxygen atoms in total. The molecule has 0 aliphatic carbocycles. The molecular weight excluding hydrogens is 271 g/mol. The van der Waals surface area contributed by atoms with Crippen LogP contribution in [0.4, 0.5) is 10.1 Å². The zero-order chi connectivity index (χ0) is 14.0.